The number of carboxylic acid groups (broad SMARTS) is 1. The molecule has 152 valence electrons. The maximum Gasteiger partial charge on any atom is 0.328 e. The number of nitrogens with zero attached hydrogens (tertiary/aromatic N) is 2. The Morgan fingerprint density at radius 1 is 0.931 bits per heavy atom. The first-order chi connectivity index (χ1) is 14.1. The summed E-state index contributed by atoms with van der Waals surface area (Å²) >= 11 is 0. The van der Waals surface area contributed by atoms with Crippen molar-refractivity contribution in [2.45, 2.75) is 32.1 Å². The van der Waals surface area contributed by atoms with Crippen LogP contribution in [-0.2, 0) is 24.1 Å². The first-order valence-electron chi connectivity index (χ1n) is 10.3. The van der Waals surface area contributed by atoms with Gasteiger partial charge in [0.25, 0.3) is 0 Å². The average molecular weight is 393 g/mol. The smallest absolute Gasteiger partial charge is 0.328 e. The second-order valence-corrected chi connectivity index (χ2v) is 7.70. The molecular weight excluding hydrogens is 366 g/mol. The number of rotatable bonds is 5. The van der Waals surface area contributed by atoms with Crippen LogP contribution in [0.25, 0.3) is 0 Å². The summed E-state index contributed by atoms with van der Waals surface area (Å²) < 4.78 is 0. The number of benzene rings is 2. The van der Waals surface area contributed by atoms with Gasteiger partial charge in [0.15, 0.2) is 0 Å². The van der Waals surface area contributed by atoms with Crippen molar-refractivity contribution in [3.63, 3.8) is 0 Å². The van der Waals surface area contributed by atoms with E-state index in [1.165, 1.54) is 11.1 Å². The summed E-state index contributed by atoms with van der Waals surface area (Å²) in [6, 6.07) is 14.1. The summed E-state index contributed by atoms with van der Waals surface area (Å²) in [5.41, 5.74) is 5.50. The molecule has 0 bridgehead atoms. The minimum absolute atomic E-state index is 0.00114. The van der Waals surface area contributed by atoms with Crippen molar-refractivity contribution in [2.24, 2.45) is 0 Å². The third-order valence-corrected chi connectivity index (χ3v) is 5.74. The summed E-state index contributed by atoms with van der Waals surface area (Å²) in [6.07, 6.45) is 3.55. The van der Waals surface area contributed by atoms with Crippen LogP contribution in [0.5, 0.6) is 0 Å². The Kier molecular flexibility index (Phi) is 5.81. The lowest BCUT2D eigenvalue weighted by Crippen LogP contribution is -2.49. The van der Waals surface area contributed by atoms with Gasteiger partial charge < -0.3 is 10.4 Å². The molecule has 29 heavy (non-hydrogen) atoms. The largest absolute Gasteiger partial charge is 0.481 e. The Morgan fingerprint density at radius 3 is 2.31 bits per heavy atom. The number of carboxylic acids is 1. The number of amides is 2. The normalized spacial score (nSPS) is 17.0. The Balaban J connectivity index is 1.51. The number of anilines is 2. The fraction of sp³-hybridized carbons (Fsp3) is 0.391. The Labute approximate surface area is 171 Å². The summed E-state index contributed by atoms with van der Waals surface area (Å²) in [4.78, 5) is 27.7. The highest BCUT2D eigenvalue weighted by molar-refractivity contribution is 6.04. The van der Waals surface area contributed by atoms with Gasteiger partial charge in [0.05, 0.1) is 0 Å². The molecule has 0 radical (unpaired) electrons. The number of hydrogen-bond donors (Lipinski definition) is 2. The molecule has 0 spiro atoms. The molecule has 2 aliphatic heterocycles. The van der Waals surface area contributed by atoms with E-state index in [-0.39, 0.29) is 12.5 Å². The molecule has 0 aliphatic carbocycles. The fourth-order valence-electron chi connectivity index (χ4n) is 4.12. The quantitative estimate of drug-likeness (QED) is 0.818. The summed E-state index contributed by atoms with van der Waals surface area (Å²) in [7, 11) is 0. The van der Waals surface area contributed by atoms with Gasteiger partial charge in [-0.1, -0.05) is 18.2 Å². The van der Waals surface area contributed by atoms with Crippen LogP contribution in [0.4, 0.5) is 16.2 Å². The highest BCUT2D eigenvalue weighted by Gasteiger charge is 2.28. The molecular formula is C23H27N3O3. The molecule has 2 aromatic carbocycles. The lowest BCUT2D eigenvalue weighted by atomic mass is 10.0. The van der Waals surface area contributed by atoms with E-state index in [2.05, 4.69) is 23.5 Å². The zero-order valence-electron chi connectivity index (χ0n) is 16.6. The highest BCUT2D eigenvalue weighted by atomic mass is 16.4. The third kappa shape index (κ3) is 4.43. The van der Waals surface area contributed by atoms with Gasteiger partial charge in [0, 0.05) is 30.9 Å². The Bertz CT molecular complexity index is 895. The van der Waals surface area contributed by atoms with Crippen molar-refractivity contribution < 1.29 is 14.7 Å². The van der Waals surface area contributed by atoms with Crippen molar-refractivity contribution in [3.8, 4) is 0 Å². The maximum atomic E-state index is 13.2. The molecule has 6 heteroatoms. The van der Waals surface area contributed by atoms with E-state index in [4.69, 9.17) is 5.11 Å². The summed E-state index contributed by atoms with van der Waals surface area (Å²) in [6.45, 7) is 3.40. The van der Waals surface area contributed by atoms with E-state index in [1.54, 1.807) is 0 Å². The SMILES string of the molecule is O=C(O)CCc1ccc(N2CCCN(c3ccc4c(c3)CCNCC4)C2=O)cc1. The first kappa shape index (κ1) is 19.5. The van der Waals surface area contributed by atoms with Gasteiger partial charge >= 0.3 is 12.0 Å². The van der Waals surface area contributed by atoms with E-state index in [1.807, 2.05) is 34.1 Å². The molecule has 4 rings (SSSR count). The van der Waals surface area contributed by atoms with Crippen molar-refractivity contribution in [2.75, 3.05) is 36.0 Å². The predicted molar refractivity (Wildman–Crippen MR) is 114 cm³/mol. The lowest BCUT2D eigenvalue weighted by Gasteiger charge is -2.36. The van der Waals surface area contributed by atoms with E-state index in [9.17, 15) is 9.59 Å². The lowest BCUT2D eigenvalue weighted by molar-refractivity contribution is -0.136. The molecule has 0 aromatic heterocycles. The maximum absolute atomic E-state index is 13.2. The number of hydrogen-bond acceptors (Lipinski definition) is 3. The van der Waals surface area contributed by atoms with E-state index in [0.29, 0.717) is 13.0 Å². The van der Waals surface area contributed by atoms with Gasteiger partial charge in [-0.3, -0.25) is 14.6 Å². The standard InChI is InChI=1S/C23H27N3O3/c27-22(28)9-4-17-2-6-20(7-3-17)25-14-1-15-26(23(25)29)21-8-5-18-10-12-24-13-11-19(18)16-21/h2-3,5-8,16,24H,1,4,9-15H2,(H,27,28). The van der Waals surface area contributed by atoms with Crippen LogP contribution in [0.2, 0.25) is 0 Å². The Morgan fingerprint density at radius 2 is 1.59 bits per heavy atom. The van der Waals surface area contributed by atoms with Gasteiger partial charge in [0.2, 0.25) is 0 Å². The van der Waals surface area contributed by atoms with Gasteiger partial charge in [-0.15, -0.1) is 0 Å². The predicted octanol–water partition coefficient (Wildman–Crippen LogP) is 3.23. The number of nitrogens with one attached hydrogen (secondary N) is 1. The van der Waals surface area contributed by atoms with Gasteiger partial charge in [0.1, 0.15) is 0 Å². The van der Waals surface area contributed by atoms with Crippen LogP contribution in [-0.4, -0.2) is 43.3 Å². The van der Waals surface area contributed by atoms with Crippen LogP contribution in [0.3, 0.4) is 0 Å². The highest BCUT2D eigenvalue weighted by Crippen LogP contribution is 2.27. The monoisotopic (exact) mass is 393 g/mol. The van der Waals surface area contributed by atoms with Crippen LogP contribution in [0.15, 0.2) is 42.5 Å². The van der Waals surface area contributed by atoms with Crippen molar-refractivity contribution >= 4 is 23.4 Å². The third-order valence-electron chi connectivity index (χ3n) is 5.74. The minimum Gasteiger partial charge on any atom is -0.481 e. The zero-order valence-corrected chi connectivity index (χ0v) is 16.6. The Hall–Kier alpha value is -2.86. The van der Waals surface area contributed by atoms with Crippen LogP contribution in [0.1, 0.15) is 29.5 Å². The second kappa shape index (κ2) is 8.66. The zero-order chi connectivity index (χ0) is 20.2. The van der Waals surface area contributed by atoms with Crippen LogP contribution in [0, 0.1) is 0 Å². The van der Waals surface area contributed by atoms with E-state index in [0.717, 1.165) is 55.8 Å². The van der Waals surface area contributed by atoms with Gasteiger partial charge in [-0.05, 0) is 79.7 Å². The van der Waals surface area contributed by atoms with E-state index >= 15 is 0 Å². The molecule has 2 aliphatic rings. The molecule has 6 nitrogen and oxygen atoms in total. The van der Waals surface area contributed by atoms with Crippen LogP contribution >= 0.6 is 0 Å². The number of carbonyl (C=O) groups is 2. The van der Waals surface area contributed by atoms with Crippen LogP contribution < -0.4 is 15.1 Å². The molecule has 0 unspecified atom stereocenters. The van der Waals surface area contributed by atoms with Gasteiger partial charge in [-0.2, -0.15) is 0 Å². The number of carbonyl (C=O) groups excluding carboxylic acids is 1. The molecule has 1 saturated heterocycles. The molecule has 2 amide bonds. The molecule has 0 saturated carbocycles. The van der Waals surface area contributed by atoms with Crippen molar-refractivity contribution in [1.82, 2.24) is 5.32 Å². The number of fused-ring (bicyclic) bond motifs is 1. The van der Waals surface area contributed by atoms with Gasteiger partial charge in [-0.25, -0.2) is 4.79 Å². The molecule has 0 atom stereocenters. The number of urea groups is 1. The topological polar surface area (TPSA) is 72.9 Å². The van der Waals surface area contributed by atoms with Crippen molar-refractivity contribution in [1.29, 1.82) is 0 Å². The molecule has 2 N–H and O–H groups in total. The minimum atomic E-state index is -0.799. The molecule has 1 fully saturated rings. The number of aliphatic carboxylic acids is 1. The second-order valence-electron chi connectivity index (χ2n) is 7.70. The average Bonchev–Trinajstić information content (AvgIpc) is 2.98. The number of aryl methyl sites for hydroxylation is 1. The fourth-order valence-corrected chi connectivity index (χ4v) is 4.12. The molecule has 2 heterocycles. The van der Waals surface area contributed by atoms with E-state index < -0.39 is 5.97 Å². The summed E-state index contributed by atoms with van der Waals surface area (Å²) in [5.74, 6) is -0.799. The van der Waals surface area contributed by atoms with Crippen molar-refractivity contribution in [3.05, 3.63) is 59.2 Å². The summed E-state index contributed by atoms with van der Waals surface area (Å²) in [5, 5.41) is 12.3. The molecule has 2 aromatic rings. The first-order valence-corrected chi connectivity index (χ1v) is 10.3.